The van der Waals surface area contributed by atoms with Crippen molar-refractivity contribution in [1.29, 1.82) is 0 Å². The van der Waals surface area contributed by atoms with Gasteiger partial charge in [-0.3, -0.25) is 4.79 Å². The first-order valence-corrected chi connectivity index (χ1v) is 4.88. The molecule has 13 heavy (non-hydrogen) atoms. The molecule has 78 valence electrons. The van der Waals surface area contributed by atoms with Crippen molar-refractivity contribution >= 4 is 5.91 Å². The van der Waals surface area contributed by atoms with Crippen LogP contribution >= 0.6 is 0 Å². The molecule has 0 saturated carbocycles. The maximum absolute atomic E-state index is 11.4. The van der Waals surface area contributed by atoms with Crippen molar-refractivity contribution in [2.75, 3.05) is 6.54 Å². The zero-order valence-corrected chi connectivity index (χ0v) is 9.18. The van der Waals surface area contributed by atoms with Crippen LogP contribution in [0.5, 0.6) is 0 Å². The molecular weight excluding hydrogens is 164 g/mol. The third-order valence-electron chi connectivity index (χ3n) is 1.84. The molecule has 0 aliphatic rings. The van der Waals surface area contributed by atoms with E-state index in [0.717, 1.165) is 6.42 Å². The highest BCUT2D eigenvalue weighted by molar-refractivity contribution is 5.76. The van der Waals surface area contributed by atoms with Crippen molar-refractivity contribution in [3.05, 3.63) is 0 Å². The summed E-state index contributed by atoms with van der Waals surface area (Å²) in [5, 5.41) is 2.97. The van der Waals surface area contributed by atoms with Gasteiger partial charge < -0.3 is 11.1 Å². The standard InChI is InChI=1S/C10H22N2O/c1-8(2)7-9(13)12-10(3,4)5-6-11/h8H,5-7,11H2,1-4H3,(H,12,13). The van der Waals surface area contributed by atoms with Gasteiger partial charge in [0.2, 0.25) is 5.91 Å². The van der Waals surface area contributed by atoms with Gasteiger partial charge in [-0.25, -0.2) is 0 Å². The molecule has 0 aromatic carbocycles. The van der Waals surface area contributed by atoms with E-state index in [-0.39, 0.29) is 11.4 Å². The lowest BCUT2D eigenvalue weighted by Crippen LogP contribution is -2.45. The Kier molecular flexibility index (Phi) is 4.99. The molecule has 0 fully saturated rings. The van der Waals surface area contributed by atoms with Gasteiger partial charge in [0, 0.05) is 12.0 Å². The lowest BCUT2D eigenvalue weighted by atomic mass is 10.00. The molecular formula is C10H22N2O. The molecule has 0 saturated heterocycles. The third-order valence-corrected chi connectivity index (χ3v) is 1.84. The topological polar surface area (TPSA) is 55.1 Å². The van der Waals surface area contributed by atoms with Gasteiger partial charge in [0.1, 0.15) is 0 Å². The van der Waals surface area contributed by atoms with Gasteiger partial charge in [0.15, 0.2) is 0 Å². The summed E-state index contributed by atoms with van der Waals surface area (Å²) in [4.78, 5) is 11.4. The van der Waals surface area contributed by atoms with Crippen molar-refractivity contribution in [3.63, 3.8) is 0 Å². The van der Waals surface area contributed by atoms with E-state index in [9.17, 15) is 4.79 Å². The number of carbonyl (C=O) groups is 1. The highest BCUT2D eigenvalue weighted by Crippen LogP contribution is 2.08. The van der Waals surface area contributed by atoms with Crippen LogP contribution in [0.15, 0.2) is 0 Å². The Balaban J connectivity index is 3.89. The van der Waals surface area contributed by atoms with Gasteiger partial charge in [-0.2, -0.15) is 0 Å². The fraction of sp³-hybridized carbons (Fsp3) is 0.900. The van der Waals surface area contributed by atoms with E-state index in [0.29, 0.717) is 18.9 Å². The zero-order chi connectivity index (χ0) is 10.5. The molecule has 0 atom stereocenters. The maximum Gasteiger partial charge on any atom is 0.220 e. The number of hydrogen-bond acceptors (Lipinski definition) is 2. The Morgan fingerprint density at radius 1 is 1.46 bits per heavy atom. The summed E-state index contributed by atoms with van der Waals surface area (Å²) in [6.07, 6.45) is 1.41. The SMILES string of the molecule is CC(C)CC(=O)NC(C)(C)CCN. The number of rotatable bonds is 5. The molecule has 0 unspecified atom stereocenters. The molecule has 0 heterocycles. The average molecular weight is 186 g/mol. The number of nitrogens with one attached hydrogen (secondary N) is 1. The van der Waals surface area contributed by atoms with Crippen LogP contribution in [0, 0.1) is 5.92 Å². The van der Waals surface area contributed by atoms with Gasteiger partial charge in [-0.1, -0.05) is 13.8 Å². The van der Waals surface area contributed by atoms with Crippen molar-refractivity contribution < 1.29 is 4.79 Å². The summed E-state index contributed by atoms with van der Waals surface area (Å²) >= 11 is 0. The van der Waals surface area contributed by atoms with Crippen LogP contribution in [0.1, 0.15) is 40.5 Å². The van der Waals surface area contributed by atoms with E-state index in [1.165, 1.54) is 0 Å². The maximum atomic E-state index is 11.4. The molecule has 0 aromatic heterocycles. The van der Waals surface area contributed by atoms with Crippen LogP contribution in [0.3, 0.4) is 0 Å². The average Bonchev–Trinajstić information content (AvgIpc) is 1.81. The second-order valence-electron chi connectivity index (χ2n) is 4.57. The molecule has 0 aromatic rings. The van der Waals surface area contributed by atoms with E-state index in [2.05, 4.69) is 5.32 Å². The predicted octanol–water partition coefficient (Wildman–Crippen LogP) is 1.28. The summed E-state index contributed by atoms with van der Waals surface area (Å²) in [6, 6.07) is 0. The Morgan fingerprint density at radius 2 is 2.00 bits per heavy atom. The lowest BCUT2D eigenvalue weighted by molar-refractivity contribution is -0.123. The summed E-state index contributed by atoms with van der Waals surface area (Å²) < 4.78 is 0. The Morgan fingerprint density at radius 3 is 2.38 bits per heavy atom. The monoisotopic (exact) mass is 186 g/mol. The van der Waals surface area contributed by atoms with Crippen LogP contribution in [-0.4, -0.2) is 18.0 Å². The molecule has 3 N–H and O–H groups in total. The number of hydrogen-bond donors (Lipinski definition) is 2. The van der Waals surface area contributed by atoms with Crippen molar-refractivity contribution in [2.45, 2.75) is 46.1 Å². The summed E-state index contributed by atoms with van der Waals surface area (Å²) in [6.45, 7) is 8.68. The molecule has 0 aliphatic heterocycles. The van der Waals surface area contributed by atoms with Gasteiger partial charge >= 0.3 is 0 Å². The van der Waals surface area contributed by atoms with Crippen molar-refractivity contribution in [3.8, 4) is 0 Å². The van der Waals surface area contributed by atoms with Crippen LogP contribution in [0.2, 0.25) is 0 Å². The second-order valence-corrected chi connectivity index (χ2v) is 4.57. The normalized spacial score (nSPS) is 11.8. The quantitative estimate of drug-likeness (QED) is 0.679. The minimum atomic E-state index is -0.166. The smallest absolute Gasteiger partial charge is 0.220 e. The fourth-order valence-electron chi connectivity index (χ4n) is 1.22. The van der Waals surface area contributed by atoms with Gasteiger partial charge in [0.05, 0.1) is 0 Å². The summed E-state index contributed by atoms with van der Waals surface area (Å²) in [5.74, 6) is 0.530. The highest BCUT2D eigenvalue weighted by Gasteiger charge is 2.19. The second kappa shape index (κ2) is 5.22. The van der Waals surface area contributed by atoms with Crippen LogP contribution < -0.4 is 11.1 Å². The predicted molar refractivity (Wildman–Crippen MR) is 55.3 cm³/mol. The number of nitrogens with two attached hydrogens (primary N) is 1. The van der Waals surface area contributed by atoms with Crippen molar-refractivity contribution in [1.82, 2.24) is 5.32 Å². The van der Waals surface area contributed by atoms with E-state index < -0.39 is 0 Å². The zero-order valence-electron chi connectivity index (χ0n) is 9.18. The Bertz CT molecular complexity index is 164. The minimum absolute atomic E-state index is 0.119. The minimum Gasteiger partial charge on any atom is -0.351 e. The van der Waals surface area contributed by atoms with E-state index >= 15 is 0 Å². The van der Waals surface area contributed by atoms with Gasteiger partial charge in [-0.15, -0.1) is 0 Å². The van der Waals surface area contributed by atoms with Gasteiger partial charge in [-0.05, 0) is 32.7 Å². The fourth-order valence-corrected chi connectivity index (χ4v) is 1.22. The third kappa shape index (κ3) is 6.58. The van der Waals surface area contributed by atoms with E-state index in [1.807, 2.05) is 27.7 Å². The number of carbonyl (C=O) groups excluding carboxylic acids is 1. The molecule has 3 nitrogen and oxygen atoms in total. The van der Waals surface area contributed by atoms with Crippen LogP contribution in [0.4, 0.5) is 0 Å². The highest BCUT2D eigenvalue weighted by atomic mass is 16.1. The first-order valence-electron chi connectivity index (χ1n) is 4.88. The van der Waals surface area contributed by atoms with Crippen LogP contribution in [-0.2, 0) is 4.79 Å². The van der Waals surface area contributed by atoms with E-state index in [1.54, 1.807) is 0 Å². The first kappa shape index (κ1) is 12.4. The lowest BCUT2D eigenvalue weighted by Gasteiger charge is -2.26. The first-order chi connectivity index (χ1) is 5.87. The molecule has 3 heteroatoms. The molecule has 0 spiro atoms. The molecule has 0 radical (unpaired) electrons. The molecule has 1 amide bonds. The molecule has 0 rings (SSSR count). The summed E-state index contributed by atoms with van der Waals surface area (Å²) in [5.41, 5.74) is 5.27. The van der Waals surface area contributed by atoms with Crippen molar-refractivity contribution in [2.24, 2.45) is 11.7 Å². The largest absolute Gasteiger partial charge is 0.351 e. The molecule has 0 bridgehead atoms. The van der Waals surface area contributed by atoms with Gasteiger partial charge in [0.25, 0.3) is 0 Å². The Hall–Kier alpha value is -0.570. The summed E-state index contributed by atoms with van der Waals surface area (Å²) in [7, 11) is 0. The van der Waals surface area contributed by atoms with E-state index in [4.69, 9.17) is 5.73 Å². The Labute approximate surface area is 81.1 Å². The molecule has 0 aliphatic carbocycles. The van der Waals surface area contributed by atoms with Crippen LogP contribution in [0.25, 0.3) is 0 Å². The number of amides is 1.